The van der Waals surface area contributed by atoms with Gasteiger partial charge in [0.1, 0.15) is 10.6 Å². The third kappa shape index (κ3) is 3.67. The van der Waals surface area contributed by atoms with Crippen molar-refractivity contribution in [3.8, 4) is 11.1 Å². The Morgan fingerprint density at radius 2 is 1.77 bits per heavy atom. The zero-order chi connectivity index (χ0) is 22.3. The number of aliphatic carboxylic acids is 1. The lowest BCUT2D eigenvalue weighted by molar-refractivity contribution is -0.146. The van der Waals surface area contributed by atoms with Crippen molar-refractivity contribution in [3.63, 3.8) is 0 Å². The number of thiophene rings is 1. The minimum absolute atomic E-state index is 0.0882. The molecule has 2 aromatic rings. The van der Waals surface area contributed by atoms with Crippen LogP contribution in [-0.2, 0) is 20.7 Å². The van der Waals surface area contributed by atoms with E-state index in [4.69, 9.17) is 4.74 Å². The van der Waals surface area contributed by atoms with Crippen LogP contribution in [0.25, 0.3) is 11.1 Å². The fraction of sp³-hybridized carbons (Fsp3) is 0.375. The lowest BCUT2D eigenvalue weighted by Crippen LogP contribution is -2.36. The van der Waals surface area contributed by atoms with Crippen molar-refractivity contribution in [2.45, 2.75) is 26.7 Å². The summed E-state index contributed by atoms with van der Waals surface area (Å²) in [5.41, 5.74) is 3.11. The summed E-state index contributed by atoms with van der Waals surface area (Å²) in [4.78, 5) is 38.5. The first-order chi connectivity index (χ1) is 14.8. The number of allylic oxidation sites excluding steroid dienone is 2. The van der Waals surface area contributed by atoms with Crippen LogP contribution in [0.2, 0.25) is 0 Å². The molecule has 0 radical (unpaired) electrons. The molecule has 0 spiro atoms. The summed E-state index contributed by atoms with van der Waals surface area (Å²) in [5.74, 6) is -3.43. The first-order valence-electron chi connectivity index (χ1n) is 10.4. The molecule has 162 valence electrons. The average Bonchev–Trinajstić information content (AvgIpc) is 3.46. The Morgan fingerprint density at radius 3 is 2.35 bits per heavy atom. The van der Waals surface area contributed by atoms with Crippen LogP contribution in [0.1, 0.15) is 34.1 Å². The Bertz CT molecular complexity index is 1070. The van der Waals surface area contributed by atoms with Crippen LogP contribution in [-0.4, -0.2) is 30.1 Å². The molecule has 2 bridgehead atoms. The van der Waals surface area contributed by atoms with Crippen LogP contribution in [0.15, 0.2) is 36.4 Å². The van der Waals surface area contributed by atoms with E-state index in [0.29, 0.717) is 17.0 Å². The maximum Gasteiger partial charge on any atom is 0.341 e. The van der Waals surface area contributed by atoms with Gasteiger partial charge in [-0.25, -0.2) is 4.79 Å². The second-order valence-electron chi connectivity index (χ2n) is 8.11. The number of carboxylic acids is 1. The summed E-state index contributed by atoms with van der Waals surface area (Å²) in [5, 5.41) is 12.9. The molecule has 1 aromatic heterocycles. The summed E-state index contributed by atoms with van der Waals surface area (Å²) in [6, 6.07) is 7.97. The normalized spacial score (nSPS) is 23.7. The van der Waals surface area contributed by atoms with E-state index >= 15 is 0 Å². The predicted molar refractivity (Wildman–Crippen MR) is 119 cm³/mol. The van der Waals surface area contributed by atoms with E-state index in [1.807, 2.05) is 43.3 Å². The van der Waals surface area contributed by atoms with Gasteiger partial charge in [-0.3, -0.25) is 9.59 Å². The van der Waals surface area contributed by atoms with Crippen molar-refractivity contribution in [2.24, 2.45) is 23.7 Å². The number of benzene rings is 1. The molecule has 1 saturated carbocycles. The summed E-state index contributed by atoms with van der Waals surface area (Å²) in [6.07, 6.45) is 5.44. The molecule has 2 aliphatic carbocycles. The molecular weight excluding hydrogens is 414 g/mol. The molecule has 6 nitrogen and oxygen atoms in total. The van der Waals surface area contributed by atoms with Gasteiger partial charge >= 0.3 is 11.9 Å². The van der Waals surface area contributed by atoms with Crippen molar-refractivity contribution in [2.75, 3.05) is 12.4 Å². The molecule has 0 unspecified atom stereocenters. The van der Waals surface area contributed by atoms with Gasteiger partial charge < -0.3 is 15.2 Å². The highest BCUT2D eigenvalue weighted by Gasteiger charge is 2.51. The number of fused-ring (bicyclic) bond motifs is 2. The molecule has 0 aliphatic heterocycles. The molecule has 4 atom stereocenters. The molecule has 0 saturated heterocycles. The maximum absolute atomic E-state index is 13.2. The van der Waals surface area contributed by atoms with Gasteiger partial charge in [0.05, 0.1) is 18.9 Å². The van der Waals surface area contributed by atoms with E-state index in [2.05, 4.69) is 12.2 Å². The first kappa shape index (κ1) is 21.3. The van der Waals surface area contributed by atoms with Crippen LogP contribution in [0.4, 0.5) is 5.00 Å². The van der Waals surface area contributed by atoms with Crippen molar-refractivity contribution in [1.82, 2.24) is 0 Å². The van der Waals surface area contributed by atoms with Gasteiger partial charge in [0.2, 0.25) is 5.91 Å². The Morgan fingerprint density at radius 1 is 1.13 bits per heavy atom. The standard InChI is InChI=1S/C24H25NO5S/c1-4-13-5-7-14(8-6-13)17-12(2)31-22(20(17)24(29)30-3)25-21(26)18-15-9-10-16(11-15)19(18)23(27)28/h5-10,15-16,18-19H,4,11H2,1-3H3,(H,25,26)(H,27,28)/t15-,16+,18-,19+/m1/s1. The molecule has 4 rings (SSSR count). The monoisotopic (exact) mass is 439 g/mol. The second kappa shape index (κ2) is 8.30. The topological polar surface area (TPSA) is 92.7 Å². The maximum atomic E-state index is 13.2. The SMILES string of the molecule is CCc1ccc(-c2c(C)sc(NC(=O)[C@H]3[C@@H](C(=O)O)[C@H]4C=C[C@@H]3C4)c2C(=O)OC)cc1. The Kier molecular flexibility index (Phi) is 5.71. The molecule has 1 aromatic carbocycles. The molecule has 2 aliphatic rings. The number of aryl methyl sites for hydroxylation is 2. The Balaban J connectivity index is 1.70. The highest BCUT2D eigenvalue weighted by atomic mass is 32.1. The van der Waals surface area contributed by atoms with Crippen molar-refractivity contribution in [1.29, 1.82) is 0 Å². The number of carboxylic acid groups (broad SMARTS) is 1. The molecular formula is C24H25NO5S. The molecule has 7 heteroatoms. The number of carbonyl (C=O) groups excluding carboxylic acids is 2. The van der Waals surface area contributed by atoms with Crippen molar-refractivity contribution < 1.29 is 24.2 Å². The summed E-state index contributed by atoms with van der Waals surface area (Å²) >= 11 is 1.31. The molecule has 1 fully saturated rings. The zero-order valence-corrected chi connectivity index (χ0v) is 18.5. The van der Waals surface area contributed by atoms with Crippen LogP contribution in [0.3, 0.4) is 0 Å². The third-order valence-corrected chi connectivity index (χ3v) is 7.43. The lowest BCUT2D eigenvalue weighted by atomic mass is 9.82. The quantitative estimate of drug-likeness (QED) is 0.509. The summed E-state index contributed by atoms with van der Waals surface area (Å²) in [7, 11) is 1.31. The molecule has 31 heavy (non-hydrogen) atoms. The minimum atomic E-state index is -0.954. The Labute approximate surface area is 184 Å². The van der Waals surface area contributed by atoms with Crippen LogP contribution < -0.4 is 5.32 Å². The second-order valence-corrected chi connectivity index (χ2v) is 9.33. The van der Waals surface area contributed by atoms with Crippen LogP contribution in [0.5, 0.6) is 0 Å². The molecule has 1 heterocycles. The van der Waals surface area contributed by atoms with Gasteiger partial charge in [-0.15, -0.1) is 11.3 Å². The number of hydrogen-bond donors (Lipinski definition) is 2. The van der Waals surface area contributed by atoms with E-state index in [9.17, 15) is 19.5 Å². The number of ether oxygens (including phenoxy) is 1. The van der Waals surface area contributed by atoms with Gasteiger partial charge in [-0.2, -0.15) is 0 Å². The Hall–Kier alpha value is -2.93. The number of esters is 1. The third-order valence-electron chi connectivity index (χ3n) is 6.41. The first-order valence-corrected chi connectivity index (χ1v) is 11.2. The van der Waals surface area contributed by atoms with Crippen molar-refractivity contribution in [3.05, 3.63) is 52.4 Å². The number of carbonyl (C=O) groups is 3. The van der Waals surface area contributed by atoms with Crippen LogP contribution >= 0.6 is 11.3 Å². The van der Waals surface area contributed by atoms with Gasteiger partial charge in [-0.1, -0.05) is 43.3 Å². The average molecular weight is 440 g/mol. The number of rotatable bonds is 6. The fourth-order valence-corrected chi connectivity index (χ4v) is 5.96. The number of nitrogens with one attached hydrogen (secondary N) is 1. The summed E-state index contributed by atoms with van der Waals surface area (Å²) < 4.78 is 5.02. The molecule has 1 amide bonds. The van der Waals surface area contributed by atoms with Crippen molar-refractivity contribution >= 4 is 34.2 Å². The number of anilines is 1. The number of hydrogen-bond acceptors (Lipinski definition) is 5. The van der Waals surface area contributed by atoms with E-state index < -0.39 is 23.8 Å². The number of methoxy groups -OCH3 is 1. The van der Waals surface area contributed by atoms with Gasteiger partial charge in [0.25, 0.3) is 0 Å². The summed E-state index contributed by atoms with van der Waals surface area (Å²) in [6.45, 7) is 3.98. The van der Waals surface area contributed by atoms with Gasteiger partial charge in [-0.05, 0) is 42.7 Å². The largest absolute Gasteiger partial charge is 0.481 e. The fourth-order valence-electron chi connectivity index (χ4n) is 4.90. The van der Waals surface area contributed by atoms with Gasteiger partial charge in [0.15, 0.2) is 0 Å². The van der Waals surface area contributed by atoms with E-state index in [-0.39, 0.29) is 17.7 Å². The molecule has 2 N–H and O–H groups in total. The van der Waals surface area contributed by atoms with Gasteiger partial charge in [0, 0.05) is 10.4 Å². The lowest BCUT2D eigenvalue weighted by Gasteiger charge is -2.23. The predicted octanol–water partition coefficient (Wildman–Crippen LogP) is 4.53. The highest BCUT2D eigenvalue weighted by molar-refractivity contribution is 7.17. The van der Waals surface area contributed by atoms with E-state index in [1.165, 1.54) is 24.0 Å². The minimum Gasteiger partial charge on any atom is -0.481 e. The van der Waals surface area contributed by atoms with Crippen LogP contribution in [0, 0.1) is 30.6 Å². The van der Waals surface area contributed by atoms with E-state index in [0.717, 1.165) is 22.4 Å². The zero-order valence-electron chi connectivity index (χ0n) is 17.7. The smallest absolute Gasteiger partial charge is 0.341 e. The highest BCUT2D eigenvalue weighted by Crippen LogP contribution is 2.49. The number of amides is 1. The van der Waals surface area contributed by atoms with E-state index in [1.54, 1.807) is 0 Å².